The van der Waals surface area contributed by atoms with Crippen LogP contribution >= 0.6 is 0 Å². The fourth-order valence-electron chi connectivity index (χ4n) is 2.99. The molecule has 2 N–H and O–H groups in total. The molecular formula is C19H25N3O3. The van der Waals surface area contributed by atoms with Crippen LogP contribution in [0.25, 0.3) is 0 Å². The van der Waals surface area contributed by atoms with Crippen LogP contribution in [0.3, 0.4) is 0 Å². The number of nitrogens with one attached hydrogen (secondary N) is 2. The monoisotopic (exact) mass is 343 g/mol. The molecule has 0 spiro atoms. The predicted molar refractivity (Wildman–Crippen MR) is 96.5 cm³/mol. The lowest BCUT2D eigenvalue weighted by molar-refractivity contribution is -0.136. The number of amides is 2. The molecule has 6 heteroatoms. The van der Waals surface area contributed by atoms with Crippen molar-refractivity contribution in [2.24, 2.45) is 0 Å². The third-order valence-electron chi connectivity index (χ3n) is 4.40. The highest BCUT2D eigenvalue weighted by atomic mass is 16.5. The molecule has 2 aliphatic rings. The lowest BCUT2D eigenvalue weighted by Gasteiger charge is -2.15. The average molecular weight is 343 g/mol. The molecule has 1 saturated carbocycles. The molecule has 1 atom stereocenters. The molecule has 2 amide bonds. The summed E-state index contributed by atoms with van der Waals surface area (Å²) in [5, 5.41) is 5.45. The van der Waals surface area contributed by atoms with Crippen LogP contribution in [0.2, 0.25) is 0 Å². The lowest BCUT2D eigenvalue weighted by Crippen LogP contribution is -2.43. The molecule has 1 aromatic carbocycles. The van der Waals surface area contributed by atoms with Gasteiger partial charge in [0.25, 0.3) is 0 Å². The minimum Gasteiger partial charge on any atom is -0.489 e. The van der Waals surface area contributed by atoms with E-state index in [-0.39, 0.29) is 6.04 Å². The maximum absolute atomic E-state index is 12.1. The second kappa shape index (κ2) is 7.70. The van der Waals surface area contributed by atoms with E-state index in [1.165, 1.54) is 12.8 Å². The van der Waals surface area contributed by atoms with Crippen LogP contribution < -0.4 is 15.4 Å². The Bertz CT molecular complexity index is 670. The van der Waals surface area contributed by atoms with Crippen molar-refractivity contribution >= 4 is 17.5 Å². The van der Waals surface area contributed by atoms with Gasteiger partial charge in [0.2, 0.25) is 0 Å². The fraction of sp³-hybridized carbons (Fsp3) is 0.474. The van der Waals surface area contributed by atoms with Gasteiger partial charge < -0.3 is 15.4 Å². The standard InChI is InChI=1S/C19H25N3O3/c1-13(2)12-25-17-5-3-4-14(10-17)20-18(23)19(24)21-15-8-9-22(11-15)16-6-7-16/h3-5,10,15-16H,1,6-9,11-12H2,2H3,(H,20,23)(H,21,24)/t15-/m1/s1. The first-order valence-corrected chi connectivity index (χ1v) is 8.74. The van der Waals surface area contributed by atoms with E-state index in [2.05, 4.69) is 22.1 Å². The molecule has 1 saturated heterocycles. The topological polar surface area (TPSA) is 70.7 Å². The Balaban J connectivity index is 1.48. The highest BCUT2D eigenvalue weighted by Crippen LogP contribution is 2.29. The zero-order valence-electron chi connectivity index (χ0n) is 14.6. The first-order chi connectivity index (χ1) is 12.0. The summed E-state index contributed by atoms with van der Waals surface area (Å²) in [6.45, 7) is 7.91. The molecule has 0 bridgehead atoms. The Morgan fingerprint density at radius 1 is 1.28 bits per heavy atom. The Morgan fingerprint density at radius 2 is 2.08 bits per heavy atom. The van der Waals surface area contributed by atoms with Crippen molar-refractivity contribution < 1.29 is 14.3 Å². The summed E-state index contributed by atoms with van der Waals surface area (Å²) in [4.78, 5) is 26.6. The van der Waals surface area contributed by atoms with E-state index >= 15 is 0 Å². The highest BCUT2D eigenvalue weighted by molar-refractivity contribution is 6.39. The molecule has 0 unspecified atom stereocenters. The Kier molecular flexibility index (Phi) is 5.38. The number of carbonyl (C=O) groups is 2. The summed E-state index contributed by atoms with van der Waals surface area (Å²) in [7, 11) is 0. The van der Waals surface area contributed by atoms with E-state index < -0.39 is 11.8 Å². The molecule has 1 aliphatic carbocycles. The highest BCUT2D eigenvalue weighted by Gasteiger charge is 2.35. The van der Waals surface area contributed by atoms with Crippen molar-refractivity contribution in [3.8, 4) is 5.75 Å². The van der Waals surface area contributed by atoms with Gasteiger partial charge >= 0.3 is 11.8 Å². The number of nitrogens with zero attached hydrogens (tertiary/aromatic N) is 1. The third kappa shape index (κ3) is 5.06. The maximum atomic E-state index is 12.1. The minimum atomic E-state index is -0.651. The first-order valence-electron chi connectivity index (χ1n) is 8.74. The quantitative estimate of drug-likeness (QED) is 0.612. The van der Waals surface area contributed by atoms with E-state index in [0.717, 1.165) is 25.1 Å². The number of anilines is 1. The second-order valence-corrected chi connectivity index (χ2v) is 6.91. The smallest absolute Gasteiger partial charge is 0.313 e. The Hall–Kier alpha value is -2.34. The van der Waals surface area contributed by atoms with E-state index in [4.69, 9.17) is 4.74 Å². The van der Waals surface area contributed by atoms with E-state index in [1.54, 1.807) is 24.3 Å². The summed E-state index contributed by atoms with van der Waals surface area (Å²) in [5.41, 5.74) is 1.44. The molecule has 25 heavy (non-hydrogen) atoms. The first kappa shape index (κ1) is 17.5. The van der Waals surface area contributed by atoms with Gasteiger partial charge in [-0.1, -0.05) is 12.6 Å². The summed E-state index contributed by atoms with van der Waals surface area (Å²) >= 11 is 0. The van der Waals surface area contributed by atoms with Crippen LogP contribution in [0, 0.1) is 0 Å². The van der Waals surface area contributed by atoms with E-state index in [1.807, 2.05) is 6.92 Å². The lowest BCUT2D eigenvalue weighted by atomic mass is 10.2. The zero-order valence-corrected chi connectivity index (χ0v) is 14.6. The molecule has 134 valence electrons. The number of benzene rings is 1. The number of ether oxygens (including phenoxy) is 1. The van der Waals surface area contributed by atoms with Gasteiger partial charge in [-0.25, -0.2) is 0 Å². The van der Waals surface area contributed by atoms with Gasteiger partial charge in [-0.2, -0.15) is 0 Å². The second-order valence-electron chi connectivity index (χ2n) is 6.91. The third-order valence-corrected chi connectivity index (χ3v) is 4.40. The van der Waals surface area contributed by atoms with Crippen molar-refractivity contribution in [2.75, 3.05) is 25.0 Å². The van der Waals surface area contributed by atoms with Gasteiger partial charge in [-0.3, -0.25) is 14.5 Å². The molecule has 1 heterocycles. The summed E-state index contributed by atoms with van der Waals surface area (Å²) < 4.78 is 5.54. The van der Waals surface area contributed by atoms with Gasteiger partial charge in [0.15, 0.2) is 0 Å². The molecular weight excluding hydrogens is 318 g/mol. The average Bonchev–Trinajstić information content (AvgIpc) is 3.33. The molecule has 0 aromatic heterocycles. The number of hydrogen-bond acceptors (Lipinski definition) is 4. The SMILES string of the molecule is C=C(C)COc1cccc(NC(=O)C(=O)N[C@@H]2CCN(C3CC3)C2)c1. The molecule has 1 aromatic rings. The van der Waals surface area contributed by atoms with Crippen molar-refractivity contribution in [3.63, 3.8) is 0 Å². The minimum absolute atomic E-state index is 0.0593. The molecule has 0 radical (unpaired) electrons. The van der Waals surface area contributed by atoms with Crippen molar-refractivity contribution in [3.05, 3.63) is 36.4 Å². The summed E-state index contributed by atoms with van der Waals surface area (Å²) in [6, 6.07) is 7.73. The number of hydrogen-bond donors (Lipinski definition) is 2. The van der Waals surface area contributed by atoms with Crippen molar-refractivity contribution in [1.29, 1.82) is 0 Å². The zero-order chi connectivity index (χ0) is 17.8. The largest absolute Gasteiger partial charge is 0.489 e. The molecule has 6 nitrogen and oxygen atoms in total. The Morgan fingerprint density at radius 3 is 2.80 bits per heavy atom. The van der Waals surface area contributed by atoms with Gasteiger partial charge in [-0.05, 0) is 43.9 Å². The summed E-state index contributed by atoms with van der Waals surface area (Å²) in [6.07, 6.45) is 3.41. The van der Waals surface area contributed by atoms with Crippen LogP contribution in [0.4, 0.5) is 5.69 Å². The predicted octanol–water partition coefficient (Wildman–Crippen LogP) is 1.93. The number of rotatable bonds is 6. The number of carbonyl (C=O) groups excluding carboxylic acids is 2. The molecule has 3 rings (SSSR count). The van der Waals surface area contributed by atoms with Gasteiger partial charge in [0, 0.05) is 36.9 Å². The van der Waals surface area contributed by atoms with Crippen LogP contribution in [0.15, 0.2) is 36.4 Å². The number of likely N-dealkylation sites (tertiary alicyclic amines) is 1. The van der Waals surface area contributed by atoms with Crippen LogP contribution in [-0.4, -0.2) is 48.5 Å². The van der Waals surface area contributed by atoms with E-state index in [9.17, 15) is 9.59 Å². The summed E-state index contributed by atoms with van der Waals surface area (Å²) in [5.74, 6) is -0.616. The normalized spacial score (nSPS) is 20.1. The fourth-order valence-corrected chi connectivity index (χ4v) is 2.99. The van der Waals surface area contributed by atoms with Crippen LogP contribution in [0.5, 0.6) is 5.75 Å². The van der Waals surface area contributed by atoms with Crippen LogP contribution in [-0.2, 0) is 9.59 Å². The van der Waals surface area contributed by atoms with Gasteiger partial charge in [0.1, 0.15) is 12.4 Å². The molecule has 1 aliphatic heterocycles. The maximum Gasteiger partial charge on any atom is 0.313 e. The Labute approximate surface area is 148 Å². The van der Waals surface area contributed by atoms with Crippen molar-refractivity contribution in [2.45, 2.75) is 38.3 Å². The van der Waals surface area contributed by atoms with E-state index in [0.29, 0.717) is 24.1 Å². The van der Waals surface area contributed by atoms with Gasteiger partial charge in [-0.15, -0.1) is 0 Å². The van der Waals surface area contributed by atoms with Crippen molar-refractivity contribution in [1.82, 2.24) is 10.2 Å². The van der Waals surface area contributed by atoms with Crippen LogP contribution in [0.1, 0.15) is 26.2 Å². The van der Waals surface area contributed by atoms with Gasteiger partial charge in [0.05, 0.1) is 0 Å². The molecule has 2 fully saturated rings.